The van der Waals surface area contributed by atoms with E-state index in [1.54, 1.807) is 23.2 Å². The molecule has 6 heteroatoms. The first-order valence-electron chi connectivity index (χ1n) is 6.78. The first-order chi connectivity index (χ1) is 9.51. The largest absolute Gasteiger partial charge is 0.481 e. The number of nitrogens with one attached hydrogen (secondary N) is 1. The number of piperidine rings is 1. The number of nitrogens with zero attached hydrogens (tertiary/aromatic N) is 1. The molecule has 1 saturated heterocycles. The predicted molar refractivity (Wildman–Crippen MR) is 78.0 cm³/mol. The van der Waals surface area contributed by atoms with Gasteiger partial charge in [-0.15, -0.1) is 0 Å². The SMILES string of the molecule is CC1(C(=O)O)CCCN(C(=O)NCCc2ccsc2)C1. The number of rotatable bonds is 4. The highest BCUT2D eigenvalue weighted by molar-refractivity contribution is 7.07. The molecular weight excluding hydrogens is 276 g/mol. The highest BCUT2D eigenvalue weighted by Gasteiger charge is 2.39. The van der Waals surface area contributed by atoms with Gasteiger partial charge >= 0.3 is 12.0 Å². The van der Waals surface area contributed by atoms with Crippen molar-refractivity contribution in [2.75, 3.05) is 19.6 Å². The number of hydrogen-bond donors (Lipinski definition) is 2. The Morgan fingerprint density at radius 3 is 3.00 bits per heavy atom. The van der Waals surface area contributed by atoms with Crippen LogP contribution in [-0.2, 0) is 11.2 Å². The maximum atomic E-state index is 12.1. The van der Waals surface area contributed by atoms with Gasteiger partial charge in [0.15, 0.2) is 0 Å². The van der Waals surface area contributed by atoms with Crippen LogP contribution in [0.15, 0.2) is 16.8 Å². The van der Waals surface area contributed by atoms with E-state index in [4.69, 9.17) is 0 Å². The lowest BCUT2D eigenvalue weighted by Crippen LogP contribution is -2.51. The van der Waals surface area contributed by atoms with Gasteiger partial charge in [0.2, 0.25) is 0 Å². The summed E-state index contributed by atoms with van der Waals surface area (Å²) in [6, 6.07) is 1.88. The minimum absolute atomic E-state index is 0.160. The molecule has 2 amide bonds. The Labute approximate surface area is 122 Å². The molecule has 0 aromatic carbocycles. The van der Waals surface area contributed by atoms with Gasteiger partial charge in [0.25, 0.3) is 0 Å². The molecule has 1 aromatic heterocycles. The van der Waals surface area contributed by atoms with E-state index in [9.17, 15) is 14.7 Å². The summed E-state index contributed by atoms with van der Waals surface area (Å²) in [5.74, 6) is -0.826. The van der Waals surface area contributed by atoms with Gasteiger partial charge in [-0.05, 0) is 48.6 Å². The standard InChI is InChI=1S/C14H20N2O3S/c1-14(12(17)18)5-2-7-16(10-14)13(19)15-6-3-11-4-8-20-9-11/h4,8-9H,2-3,5-7,10H2,1H3,(H,15,19)(H,17,18). The minimum Gasteiger partial charge on any atom is -0.481 e. The molecule has 2 rings (SSSR count). The number of carbonyl (C=O) groups is 2. The highest BCUT2D eigenvalue weighted by atomic mass is 32.1. The van der Waals surface area contributed by atoms with Crippen molar-refractivity contribution in [1.82, 2.24) is 10.2 Å². The molecule has 2 N–H and O–H groups in total. The Morgan fingerprint density at radius 2 is 2.35 bits per heavy atom. The molecule has 20 heavy (non-hydrogen) atoms. The average molecular weight is 296 g/mol. The zero-order valence-electron chi connectivity index (χ0n) is 11.6. The smallest absolute Gasteiger partial charge is 0.317 e. The summed E-state index contributed by atoms with van der Waals surface area (Å²) in [6.45, 7) is 3.20. The molecule has 2 heterocycles. The summed E-state index contributed by atoms with van der Waals surface area (Å²) in [5.41, 5.74) is 0.396. The maximum Gasteiger partial charge on any atom is 0.317 e. The van der Waals surface area contributed by atoms with Crippen molar-refractivity contribution in [3.05, 3.63) is 22.4 Å². The molecule has 1 atom stereocenters. The summed E-state index contributed by atoms with van der Waals surface area (Å²) in [4.78, 5) is 24.9. The van der Waals surface area contributed by atoms with E-state index in [0.29, 0.717) is 19.5 Å². The van der Waals surface area contributed by atoms with E-state index in [1.807, 2.05) is 11.4 Å². The summed E-state index contributed by atoms with van der Waals surface area (Å²) < 4.78 is 0. The van der Waals surface area contributed by atoms with Gasteiger partial charge in [-0.2, -0.15) is 11.3 Å². The van der Waals surface area contributed by atoms with Crippen molar-refractivity contribution < 1.29 is 14.7 Å². The first-order valence-corrected chi connectivity index (χ1v) is 7.73. The highest BCUT2D eigenvalue weighted by Crippen LogP contribution is 2.29. The lowest BCUT2D eigenvalue weighted by Gasteiger charge is -2.37. The normalized spacial score (nSPS) is 22.6. The number of amides is 2. The first kappa shape index (κ1) is 14.8. The lowest BCUT2D eigenvalue weighted by molar-refractivity contribution is -0.150. The van der Waals surface area contributed by atoms with Crippen LogP contribution in [0.2, 0.25) is 0 Å². The molecule has 5 nitrogen and oxygen atoms in total. The Morgan fingerprint density at radius 1 is 1.55 bits per heavy atom. The molecule has 0 aliphatic carbocycles. The Hall–Kier alpha value is -1.56. The van der Waals surface area contributed by atoms with E-state index in [-0.39, 0.29) is 12.6 Å². The van der Waals surface area contributed by atoms with Crippen LogP contribution in [0, 0.1) is 5.41 Å². The van der Waals surface area contributed by atoms with Crippen LogP contribution < -0.4 is 5.32 Å². The number of carboxylic acids is 1. The zero-order valence-corrected chi connectivity index (χ0v) is 12.4. The van der Waals surface area contributed by atoms with Crippen molar-refractivity contribution >= 4 is 23.3 Å². The van der Waals surface area contributed by atoms with Crippen LogP contribution in [0.5, 0.6) is 0 Å². The number of carboxylic acid groups (broad SMARTS) is 1. The molecular formula is C14H20N2O3S. The van der Waals surface area contributed by atoms with Gasteiger partial charge in [0, 0.05) is 19.6 Å². The molecule has 1 aromatic rings. The van der Waals surface area contributed by atoms with Crippen LogP contribution in [0.3, 0.4) is 0 Å². The molecule has 1 aliphatic rings. The number of carbonyl (C=O) groups excluding carboxylic acids is 1. The Balaban J connectivity index is 1.81. The number of urea groups is 1. The van der Waals surface area contributed by atoms with Crippen LogP contribution in [0.25, 0.3) is 0 Å². The fourth-order valence-electron chi connectivity index (χ4n) is 2.45. The van der Waals surface area contributed by atoms with Crippen molar-refractivity contribution in [2.45, 2.75) is 26.2 Å². The number of aliphatic carboxylic acids is 1. The third-order valence-corrected chi connectivity index (χ3v) is 4.50. The summed E-state index contributed by atoms with van der Waals surface area (Å²) in [6.07, 6.45) is 2.17. The van der Waals surface area contributed by atoms with E-state index in [2.05, 4.69) is 10.7 Å². The minimum atomic E-state index is -0.826. The van der Waals surface area contributed by atoms with Crippen LogP contribution in [-0.4, -0.2) is 41.6 Å². The monoisotopic (exact) mass is 296 g/mol. The maximum absolute atomic E-state index is 12.1. The van der Waals surface area contributed by atoms with Gasteiger partial charge in [0.05, 0.1) is 5.41 Å². The fourth-order valence-corrected chi connectivity index (χ4v) is 3.15. The van der Waals surface area contributed by atoms with Gasteiger partial charge in [-0.25, -0.2) is 4.79 Å². The molecule has 1 unspecified atom stereocenters. The van der Waals surface area contributed by atoms with Crippen LogP contribution in [0.4, 0.5) is 4.79 Å². The van der Waals surface area contributed by atoms with Gasteiger partial charge in [-0.3, -0.25) is 4.79 Å². The third kappa shape index (κ3) is 3.50. The summed E-state index contributed by atoms with van der Waals surface area (Å²) in [7, 11) is 0. The lowest BCUT2D eigenvalue weighted by atomic mass is 9.82. The topological polar surface area (TPSA) is 69.6 Å². The van der Waals surface area contributed by atoms with Crippen LogP contribution in [0.1, 0.15) is 25.3 Å². The molecule has 0 saturated carbocycles. The summed E-state index contributed by atoms with van der Waals surface area (Å²) in [5, 5.41) is 16.2. The van der Waals surface area contributed by atoms with Crippen molar-refractivity contribution in [2.24, 2.45) is 5.41 Å². The number of likely N-dealkylation sites (tertiary alicyclic amines) is 1. The number of thiophene rings is 1. The Bertz CT molecular complexity index is 475. The van der Waals surface area contributed by atoms with Crippen molar-refractivity contribution in [1.29, 1.82) is 0 Å². The van der Waals surface area contributed by atoms with Gasteiger partial charge in [0.1, 0.15) is 0 Å². The van der Waals surface area contributed by atoms with Crippen LogP contribution >= 0.6 is 11.3 Å². The second kappa shape index (κ2) is 6.26. The quantitative estimate of drug-likeness (QED) is 0.895. The van der Waals surface area contributed by atoms with E-state index in [0.717, 1.165) is 12.8 Å². The van der Waals surface area contributed by atoms with E-state index in [1.165, 1.54) is 5.56 Å². The second-order valence-electron chi connectivity index (χ2n) is 5.50. The second-order valence-corrected chi connectivity index (χ2v) is 6.28. The van der Waals surface area contributed by atoms with E-state index < -0.39 is 11.4 Å². The van der Waals surface area contributed by atoms with Crippen molar-refractivity contribution in [3.63, 3.8) is 0 Å². The molecule has 0 bridgehead atoms. The fraction of sp³-hybridized carbons (Fsp3) is 0.571. The predicted octanol–water partition coefficient (Wildman–Crippen LogP) is 2.19. The third-order valence-electron chi connectivity index (χ3n) is 3.77. The van der Waals surface area contributed by atoms with Gasteiger partial charge in [-0.1, -0.05) is 0 Å². The molecule has 1 aliphatic heterocycles. The number of hydrogen-bond acceptors (Lipinski definition) is 3. The summed E-state index contributed by atoms with van der Waals surface area (Å²) >= 11 is 1.64. The zero-order chi connectivity index (χ0) is 14.6. The molecule has 1 fully saturated rings. The van der Waals surface area contributed by atoms with Gasteiger partial charge < -0.3 is 15.3 Å². The van der Waals surface area contributed by atoms with Crippen molar-refractivity contribution in [3.8, 4) is 0 Å². The Kier molecular flexibility index (Phi) is 4.65. The average Bonchev–Trinajstić information content (AvgIpc) is 2.91. The molecule has 0 radical (unpaired) electrons. The van der Waals surface area contributed by atoms with E-state index >= 15 is 0 Å². The molecule has 110 valence electrons. The molecule has 0 spiro atoms.